The third kappa shape index (κ3) is 11.9. The number of likely N-dealkylation sites (N-methyl/N-ethyl adjacent to an activating group) is 1. The third-order valence-corrected chi connectivity index (χ3v) is 11.9. The van der Waals surface area contributed by atoms with Gasteiger partial charge >= 0.3 is 12.1 Å². The van der Waals surface area contributed by atoms with Gasteiger partial charge in [-0.1, -0.05) is 79.2 Å². The molecule has 1 saturated heterocycles. The highest BCUT2D eigenvalue weighted by Crippen LogP contribution is 2.29. The predicted octanol–water partition coefficient (Wildman–Crippen LogP) is 2.30. The van der Waals surface area contributed by atoms with Gasteiger partial charge in [-0.25, -0.2) is 22.3 Å². The molecule has 17 heteroatoms. The van der Waals surface area contributed by atoms with Crippen LogP contribution in [-0.2, 0) is 46.9 Å². The number of urea groups is 1. The average Bonchev–Trinajstić information content (AvgIpc) is 3.82. The third-order valence-electron chi connectivity index (χ3n) is 10.6. The maximum absolute atomic E-state index is 14.6. The van der Waals surface area contributed by atoms with Gasteiger partial charge in [0.2, 0.25) is 27.6 Å². The van der Waals surface area contributed by atoms with Crippen molar-refractivity contribution in [1.29, 1.82) is 0 Å². The van der Waals surface area contributed by atoms with Crippen molar-refractivity contribution in [3.63, 3.8) is 0 Å². The summed E-state index contributed by atoms with van der Waals surface area (Å²) in [5, 5.41) is 11.0. The summed E-state index contributed by atoms with van der Waals surface area (Å²) < 4.78 is 31.5. The van der Waals surface area contributed by atoms with Crippen molar-refractivity contribution < 1.29 is 41.9 Å². The quantitative estimate of drug-likeness (QED) is 0.204. The molecule has 4 N–H and O–H groups in total. The molecular formula is C39H61N7O9S. The Labute approximate surface area is 331 Å². The molecule has 0 aromatic heterocycles. The number of benzene rings is 1. The van der Waals surface area contributed by atoms with Crippen molar-refractivity contribution in [3.8, 4) is 0 Å². The van der Waals surface area contributed by atoms with Crippen LogP contribution in [-0.4, -0.2) is 127 Å². The van der Waals surface area contributed by atoms with E-state index in [4.69, 9.17) is 4.74 Å². The summed E-state index contributed by atoms with van der Waals surface area (Å²) in [5.41, 5.74) is 0.676. The number of nitrogens with zero attached hydrogens (tertiary/aromatic N) is 3. The van der Waals surface area contributed by atoms with Gasteiger partial charge < -0.3 is 35.8 Å². The molecule has 16 nitrogen and oxygen atoms in total. The van der Waals surface area contributed by atoms with E-state index in [-0.39, 0.29) is 32.0 Å². The topological polar surface area (TPSA) is 204 Å². The number of Topliss-reactive ketones (excluding diaryl/α,β-unsaturated/α-hetero) is 1. The number of carbonyl (C=O) groups is 6. The molecule has 2 fully saturated rings. The zero-order valence-corrected chi connectivity index (χ0v) is 35.1. The van der Waals surface area contributed by atoms with E-state index in [0.717, 1.165) is 34.5 Å². The summed E-state index contributed by atoms with van der Waals surface area (Å²) in [6, 6.07) is 2.85. The number of amides is 6. The normalized spacial score (nSPS) is 20.3. The summed E-state index contributed by atoms with van der Waals surface area (Å²) in [7, 11) is -2.14. The lowest BCUT2D eigenvalue weighted by molar-refractivity contribution is -0.144. The summed E-state index contributed by atoms with van der Waals surface area (Å²) in [4.78, 5) is 84.6. The van der Waals surface area contributed by atoms with Crippen LogP contribution in [0.25, 0.3) is 0 Å². The minimum absolute atomic E-state index is 0.0236. The monoisotopic (exact) mass is 803 g/mol. The molecule has 4 rings (SSSR count). The average molecular weight is 804 g/mol. The van der Waals surface area contributed by atoms with Crippen molar-refractivity contribution in [2.75, 3.05) is 32.9 Å². The molecule has 2 heterocycles. The zero-order valence-electron chi connectivity index (χ0n) is 34.3. The number of fused-ring (bicyclic) bond motifs is 1. The summed E-state index contributed by atoms with van der Waals surface area (Å²) in [6.07, 6.45) is 2.38. The molecule has 1 aromatic carbocycles. The first kappa shape index (κ1) is 44.5. The van der Waals surface area contributed by atoms with Gasteiger partial charge in [-0.3, -0.25) is 19.2 Å². The Morgan fingerprint density at radius 3 is 2.16 bits per heavy atom. The second-order valence-electron chi connectivity index (χ2n) is 17.5. The molecule has 3 aliphatic rings. The molecule has 0 bridgehead atoms. The molecule has 0 radical (unpaired) electrons. The number of sulfonamides is 1. The van der Waals surface area contributed by atoms with Crippen LogP contribution in [0.15, 0.2) is 24.3 Å². The molecule has 312 valence electrons. The van der Waals surface area contributed by atoms with Gasteiger partial charge in [0.1, 0.15) is 18.2 Å². The van der Waals surface area contributed by atoms with Crippen molar-refractivity contribution >= 4 is 45.7 Å². The Hall–Kier alpha value is -4.25. The Balaban J connectivity index is 1.57. The van der Waals surface area contributed by atoms with Gasteiger partial charge in [0.25, 0.3) is 5.91 Å². The lowest BCUT2D eigenvalue weighted by atomic mass is 9.85. The van der Waals surface area contributed by atoms with Crippen LogP contribution in [0, 0.1) is 10.8 Å². The van der Waals surface area contributed by atoms with Crippen LogP contribution in [0.2, 0.25) is 0 Å². The van der Waals surface area contributed by atoms with Crippen LogP contribution in [0.1, 0.15) is 91.7 Å². The highest BCUT2D eigenvalue weighted by Gasteiger charge is 2.47. The number of nitrogens with one attached hydrogen (secondary N) is 4. The predicted molar refractivity (Wildman–Crippen MR) is 210 cm³/mol. The van der Waals surface area contributed by atoms with Gasteiger partial charge in [0.05, 0.1) is 18.8 Å². The Kier molecular flexibility index (Phi) is 14.2. The summed E-state index contributed by atoms with van der Waals surface area (Å²) in [5.74, 6) is -2.87. The maximum Gasteiger partial charge on any atom is 0.410 e. The molecule has 0 spiro atoms. The van der Waals surface area contributed by atoms with E-state index >= 15 is 0 Å². The van der Waals surface area contributed by atoms with Crippen molar-refractivity contribution in [2.24, 2.45) is 10.8 Å². The van der Waals surface area contributed by atoms with Crippen molar-refractivity contribution in [2.45, 2.75) is 130 Å². The van der Waals surface area contributed by atoms with Gasteiger partial charge in [-0.2, -0.15) is 0 Å². The first-order valence-electron chi connectivity index (χ1n) is 19.5. The molecule has 1 aromatic rings. The van der Waals surface area contributed by atoms with E-state index < -0.39 is 86.8 Å². The zero-order chi connectivity index (χ0) is 41.7. The van der Waals surface area contributed by atoms with E-state index in [1.165, 1.54) is 11.9 Å². The highest BCUT2D eigenvalue weighted by atomic mass is 32.2. The highest BCUT2D eigenvalue weighted by molar-refractivity contribution is 7.88. The van der Waals surface area contributed by atoms with E-state index in [0.29, 0.717) is 25.9 Å². The summed E-state index contributed by atoms with van der Waals surface area (Å²) >= 11 is 0. The largest absolute Gasteiger partial charge is 0.444 e. The SMILES string of the molecule is CCCC(NC(=O)[C@@H]1CC(OC(=O)N2CCc3ccccc3C2)CN1C(=O)[C@@H](NC(=O)N[C@H](CN(C)S(C)(=O)=O)C(C)(C)C)C(C)(C)C)C(=O)C(=O)NC1CC1. The van der Waals surface area contributed by atoms with Gasteiger partial charge in [0.15, 0.2) is 0 Å². The van der Waals surface area contributed by atoms with E-state index in [9.17, 15) is 37.2 Å². The summed E-state index contributed by atoms with van der Waals surface area (Å²) in [6.45, 7) is 13.2. The molecule has 2 unspecified atom stereocenters. The minimum Gasteiger partial charge on any atom is -0.444 e. The van der Waals surface area contributed by atoms with Crippen molar-refractivity contribution in [1.82, 2.24) is 35.4 Å². The molecule has 5 atom stereocenters. The van der Waals surface area contributed by atoms with Crippen LogP contribution in [0.4, 0.5) is 9.59 Å². The van der Waals surface area contributed by atoms with Crippen LogP contribution >= 0.6 is 0 Å². The number of rotatable bonds is 14. The number of carbonyl (C=O) groups excluding carboxylic acids is 6. The lowest BCUT2D eigenvalue weighted by Crippen LogP contribution is -2.62. The molecular weight excluding hydrogens is 743 g/mol. The number of ether oxygens (including phenoxy) is 1. The Bertz CT molecular complexity index is 1750. The second kappa shape index (κ2) is 17.9. The number of ketones is 1. The number of hydrogen-bond acceptors (Lipinski definition) is 9. The smallest absolute Gasteiger partial charge is 0.410 e. The lowest BCUT2D eigenvalue weighted by Gasteiger charge is -2.37. The molecule has 1 saturated carbocycles. The van der Waals surface area contributed by atoms with Gasteiger partial charge in [0, 0.05) is 45.2 Å². The minimum atomic E-state index is -3.56. The fourth-order valence-corrected chi connectivity index (χ4v) is 7.21. The standard InChI is InChI=1S/C39H61N7O9S/c1-10-13-28(31(47)34(49)40-26-16-17-26)41-33(48)29-20-27(55-37(52)45-19-18-24-14-11-12-15-25(24)21-45)22-46(29)35(50)32(39(5,6)7)43-36(51)42-30(38(2,3)4)23-44(8)56(9,53)54/h11-12,14-15,26-30,32H,10,13,16-23H2,1-9H3,(H,40,49)(H,41,48)(H2,42,43,51)/t27?,28?,29-,30+,32+/m0/s1. The van der Waals surface area contributed by atoms with Crippen molar-refractivity contribution in [3.05, 3.63) is 35.4 Å². The first-order valence-corrected chi connectivity index (χ1v) is 21.3. The van der Waals surface area contributed by atoms with Crippen LogP contribution in [0.5, 0.6) is 0 Å². The van der Waals surface area contributed by atoms with E-state index in [1.54, 1.807) is 25.7 Å². The van der Waals surface area contributed by atoms with Crippen LogP contribution in [0.3, 0.4) is 0 Å². The molecule has 56 heavy (non-hydrogen) atoms. The maximum atomic E-state index is 14.6. The van der Waals surface area contributed by atoms with Gasteiger partial charge in [-0.05, 0) is 47.6 Å². The molecule has 1 aliphatic carbocycles. The molecule has 2 aliphatic heterocycles. The van der Waals surface area contributed by atoms with E-state index in [1.807, 2.05) is 52.0 Å². The fraction of sp³-hybridized carbons (Fsp3) is 0.692. The van der Waals surface area contributed by atoms with Gasteiger partial charge in [-0.15, -0.1) is 0 Å². The first-order chi connectivity index (χ1) is 26.0. The Morgan fingerprint density at radius 1 is 0.946 bits per heavy atom. The van der Waals surface area contributed by atoms with E-state index in [2.05, 4.69) is 21.3 Å². The number of hydrogen-bond donors (Lipinski definition) is 4. The van der Waals surface area contributed by atoms with Crippen LogP contribution < -0.4 is 21.3 Å². The Morgan fingerprint density at radius 2 is 1.59 bits per heavy atom. The second-order valence-corrected chi connectivity index (χ2v) is 19.6. The number of likely N-dealkylation sites (tertiary alicyclic amines) is 1. The molecule has 6 amide bonds. The fourth-order valence-electron chi connectivity index (χ4n) is 6.79.